The van der Waals surface area contributed by atoms with Gasteiger partial charge in [0.1, 0.15) is 5.15 Å². The number of carbonyl (C=O) groups is 1. The number of likely N-dealkylation sites (N-methyl/N-ethyl adjacent to an activating group) is 1. The van der Waals surface area contributed by atoms with Gasteiger partial charge in [-0.3, -0.25) is 9.69 Å². The van der Waals surface area contributed by atoms with Gasteiger partial charge in [-0.15, -0.1) is 0 Å². The van der Waals surface area contributed by atoms with E-state index in [1.54, 1.807) is 30.3 Å². The van der Waals surface area contributed by atoms with Crippen molar-refractivity contribution in [2.45, 2.75) is 31.4 Å². The predicted octanol–water partition coefficient (Wildman–Crippen LogP) is 3.40. The van der Waals surface area contributed by atoms with Crippen molar-refractivity contribution in [2.24, 2.45) is 0 Å². The highest BCUT2D eigenvalue weighted by atomic mass is 35.5. The number of likely N-dealkylation sites (tertiary alicyclic amines) is 1. The summed E-state index contributed by atoms with van der Waals surface area (Å²) in [5.41, 5.74) is 0.758. The number of nitrogens with zero attached hydrogens (tertiary/aromatic N) is 3. The topological polar surface area (TPSA) is 56.7 Å². The smallest absolute Gasteiger partial charge is 0.256 e. The standard InChI is InChI=1S/C21H26ClN3O2/c1-16(17-7-4-3-5-8-17)25-13-10-21(27,11-14-25)15-24(2)20(26)18-9-6-12-23-19(18)22/h3-9,12,16,27H,10-11,13-15H2,1-2H3. The number of hydrogen-bond acceptors (Lipinski definition) is 4. The summed E-state index contributed by atoms with van der Waals surface area (Å²) < 4.78 is 0. The molecule has 1 aromatic heterocycles. The lowest BCUT2D eigenvalue weighted by Crippen LogP contribution is -2.51. The van der Waals surface area contributed by atoms with E-state index in [4.69, 9.17) is 11.6 Å². The van der Waals surface area contributed by atoms with Crippen molar-refractivity contribution in [1.82, 2.24) is 14.8 Å². The molecule has 0 radical (unpaired) electrons. The third-order valence-electron chi connectivity index (χ3n) is 5.43. The molecule has 0 bridgehead atoms. The summed E-state index contributed by atoms with van der Waals surface area (Å²) in [4.78, 5) is 20.5. The quantitative estimate of drug-likeness (QED) is 0.799. The molecule has 3 rings (SSSR count). The third kappa shape index (κ3) is 4.67. The SMILES string of the molecule is CC(c1ccccc1)N1CCC(O)(CN(C)C(=O)c2cccnc2Cl)CC1. The van der Waals surface area contributed by atoms with Gasteiger partial charge in [-0.1, -0.05) is 41.9 Å². The molecule has 144 valence electrons. The van der Waals surface area contributed by atoms with Gasteiger partial charge in [-0.05, 0) is 37.5 Å². The zero-order chi connectivity index (χ0) is 19.4. The Morgan fingerprint density at radius 2 is 1.93 bits per heavy atom. The molecular formula is C21H26ClN3O2. The monoisotopic (exact) mass is 387 g/mol. The Labute approximate surface area is 165 Å². The molecule has 1 atom stereocenters. The van der Waals surface area contributed by atoms with E-state index in [2.05, 4.69) is 41.1 Å². The van der Waals surface area contributed by atoms with Crippen LogP contribution in [-0.4, -0.2) is 58.1 Å². The van der Waals surface area contributed by atoms with Gasteiger partial charge in [0.15, 0.2) is 0 Å². The van der Waals surface area contributed by atoms with Gasteiger partial charge >= 0.3 is 0 Å². The first-order valence-corrected chi connectivity index (χ1v) is 9.65. The van der Waals surface area contributed by atoms with E-state index in [1.165, 1.54) is 5.56 Å². The van der Waals surface area contributed by atoms with Gasteiger partial charge in [-0.2, -0.15) is 0 Å². The molecule has 1 saturated heterocycles. The third-order valence-corrected chi connectivity index (χ3v) is 5.73. The summed E-state index contributed by atoms with van der Waals surface area (Å²) in [6, 6.07) is 14.0. The minimum atomic E-state index is -0.883. The molecule has 1 aliphatic heterocycles. The molecule has 1 aliphatic rings. The number of aliphatic hydroxyl groups is 1. The Morgan fingerprint density at radius 3 is 2.56 bits per heavy atom. The van der Waals surface area contributed by atoms with Crippen LogP contribution in [0.2, 0.25) is 5.15 Å². The number of benzene rings is 1. The highest BCUT2D eigenvalue weighted by Gasteiger charge is 2.36. The second-order valence-corrected chi connectivity index (χ2v) is 7.71. The largest absolute Gasteiger partial charge is 0.388 e. The van der Waals surface area contributed by atoms with E-state index < -0.39 is 5.60 Å². The molecule has 1 unspecified atom stereocenters. The Balaban J connectivity index is 1.59. The van der Waals surface area contributed by atoms with Gasteiger partial charge in [0.05, 0.1) is 11.2 Å². The maximum atomic E-state index is 12.6. The van der Waals surface area contributed by atoms with Crippen molar-refractivity contribution >= 4 is 17.5 Å². The van der Waals surface area contributed by atoms with Gasteiger partial charge in [-0.25, -0.2) is 4.98 Å². The maximum Gasteiger partial charge on any atom is 0.256 e. The molecule has 0 spiro atoms. The number of aromatic nitrogens is 1. The first-order valence-electron chi connectivity index (χ1n) is 9.27. The fourth-order valence-electron chi connectivity index (χ4n) is 3.69. The van der Waals surface area contributed by atoms with Crippen LogP contribution in [0.5, 0.6) is 0 Å². The number of hydrogen-bond donors (Lipinski definition) is 1. The summed E-state index contributed by atoms with van der Waals surface area (Å²) in [5.74, 6) is -0.221. The lowest BCUT2D eigenvalue weighted by Gasteiger charge is -2.42. The van der Waals surface area contributed by atoms with E-state index >= 15 is 0 Å². The highest BCUT2D eigenvalue weighted by molar-refractivity contribution is 6.32. The molecule has 0 saturated carbocycles. The lowest BCUT2D eigenvalue weighted by atomic mass is 9.89. The molecular weight excluding hydrogens is 362 g/mol. The number of amides is 1. The normalized spacial score (nSPS) is 18.1. The number of halogens is 1. The number of pyridine rings is 1. The first kappa shape index (κ1) is 19.8. The van der Waals surface area contributed by atoms with E-state index in [0.29, 0.717) is 24.4 Å². The Hall–Kier alpha value is -1.95. The van der Waals surface area contributed by atoms with Crippen molar-refractivity contribution in [3.05, 3.63) is 64.9 Å². The van der Waals surface area contributed by atoms with Crippen LogP contribution in [0.15, 0.2) is 48.7 Å². The van der Waals surface area contributed by atoms with Crippen LogP contribution in [-0.2, 0) is 0 Å². The van der Waals surface area contributed by atoms with E-state index in [-0.39, 0.29) is 17.6 Å². The number of piperidine rings is 1. The van der Waals surface area contributed by atoms with Crippen LogP contribution < -0.4 is 0 Å². The summed E-state index contributed by atoms with van der Waals surface area (Å²) in [5, 5.41) is 11.2. The molecule has 1 N–H and O–H groups in total. The second kappa shape index (κ2) is 8.38. The maximum absolute atomic E-state index is 12.6. The van der Waals surface area contributed by atoms with Gasteiger partial charge in [0, 0.05) is 38.9 Å². The molecule has 1 aromatic carbocycles. The van der Waals surface area contributed by atoms with E-state index in [0.717, 1.165) is 13.1 Å². The second-order valence-electron chi connectivity index (χ2n) is 7.35. The molecule has 1 fully saturated rings. The van der Waals surface area contributed by atoms with Crippen LogP contribution in [0.1, 0.15) is 41.7 Å². The Bertz CT molecular complexity index is 776. The summed E-state index contributed by atoms with van der Waals surface area (Å²) >= 11 is 6.03. The molecule has 1 amide bonds. The highest BCUT2D eigenvalue weighted by Crippen LogP contribution is 2.29. The molecule has 27 heavy (non-hydrogen) atoms. The fourth-order valence-corrected chi connectivity index (χ4v) is 3.89. The zero-order valence-electron chi connectivity index (χ0n) is 15.8. The van der Waals surface area contributed by atoms with Gasteiger partial charge in [0.25, 0.3) is 5.91 Å². The van der Waals surface area contributed by atoms with Gasteiger partial charge < -0.3 is 10.0 Å². The zero-order valence-corrected chi connectivity index (χ0v) is 16.6. The lowest BCUT2D eigenvalue weighted by molar-refractivity contribution is -0.0443. The average molecular weight is 388 g/mol. The van der Waals surface area contributed by atoms with Crippen LogP contribution in [0.4, 0.5) is 0 Å². The summed E-state index contributed by atoms with van der Waals surface area (Å²) in [7, 11) is 1.70. The molecule has 2 heterocycles. The summed E-state index contributed by atoms with van der Waals surface area (Å²) in [6.45, 7) is 4.06. The Kier molecular flexibility index (Phi) is 6.15. The number of carbonyl (C=O) groups excluding carboxylic acids is 1. The molecule has 6 heteroatoms. The van der Waals surface area contributed by atoms with Crippen LogP contribution >= 0.6 is 11.6 Å². The Morgan fingerprint density at radius 1 is 1.26 bits per heavy atom. The molecule has 0 aliphatic carbocycles. The van der Waals surface area contributed by atoms with Crippen LogP contribution in [0, 0.1) is 0 Å². The number of rotatable bonds is 5. The van der Waals surface area contributed by atoms with Crippen molar-refractivity contribution < 1.29 is 9.90 Å². The van der Waals surface area contributed by atoms with Crippen LogP contribution in [0.3, 0.4) is 0 Å². The van der Waals surface area contributed by atoms with Crippen molar-refractivity contribution in [1.29, 1.82) is 0 Å². The molecule has 5 nitrogen and oxygen atoms in total. The first-order chi connectivity index (χ1) is 12.9. The van der Waals surface area contributed by atoms with Crippen molar-refractivity contribution in [3.63, 3.8) is 0 Å². The molecule has 2 aromatic rings. The summed E-state index contributed by atoms with van der Waals surface area (Å²) in [6.07, 6.45) is 2.81. The predicted molar refractivity (Wildman–Crippen MR) is 107 cm³/mol. The van der Waals surface area contributed by atoms with E-state index in [9.17, 15) is 9.90 Å². The minimum Gasteiger partial charge on any atom is -0.388 e. The fraction of sp³-hybridized carbons (Fsp3) is 0.429. The van der Waals surface area contributed by atoms with Crippen molar-refractivity contribution in [3.8, 4) is 0 Å². The van der Waals surface area contributed by atoms with Gasteiger partial charge in [0.2, 0.25) is 0 Å². The minimum absolute atomic E-state index is 0.188. The van der Waals surface area contributed by atoms with E-state index in [1.807, 2.05) is 6.07 Å². The van der Waals surface area contributed by atoms with Crippen LogP contribution in [0.25, 0.3) is 0 Å². The average Bonchev–Trinajstić information content (AvgIpc) is 2.68. The van der Waals surface area contributed by atoms with Crippen molar-refractivity contribution in [2.75, 3.05) is 26.7 Å².